The van der Waals surface area contributed by atoms with Gasteiger partial charge in [-0.15, -0.1) is 0 Å². The molecule has 11 heteroatoms. The predicted molar refractivity (Wildman–Crippen MR) is 125 cm³/mol. The van der Waals surface area contributed by atoms with Crippen molar-refractivity contribution >= 4 is 29.2 Å². The number of aromatic nitrogens is 1. The average Bonchev–Trinajstić information content (AvgIpc) is 2.82. The van der Waals surface area contributed by atoms with Gasteiger partial charge in [-0.05, 0) is 68.9 Å². The molecule has 1 amide bonds. The minimum atomic E-state index is -4.59. The Morgan fingerprint density at radius 1 is 1.20 bits per heavy atom. The molecule has 7 nitrogen and oxygen atoms in total. The SMILES string of the molecule is COc1ccc(C(F)(F)F)nc1[C@H](C)Nc1ccc(C(=O)NCC2CCC(C(=O)O)CC2)cc1Cl. The normalized spacial score (nSPS) is 19.0. The molecule has 1 aliphatic carbocycles. The number of aliphatic carboxylic acids is 1. The molecule has 1 aromatic heterocycles. The molecule has 2 aromatic rings. The first-order chi connectivity index (χ1) is 16.5. The first-order valence-corrected chi connectivity index (χ1v) is 11.6. The van der Waals surface area contributed by atoms with E-state index in [2.05, 4.69) is 15.6 Å². The van der Waals surface area contributed by atoms with Crippen LogP contribution in [-0.2, 0) is 11.0 Å². The van der Waals surface area contributed by atoms with Gasteiger partial charge in [0.2, 0.25) is 0 Å². The van der Waals surface area contributed by atoms with Crippen molar-refractivity contribution in [3.8, 4) is 5.75 Å². The number of anilines is 1. The molecule has 1 aromatic carbocycles. The highest BCUT2D eigenvalue weighted by Crippen LogP contribution is 2.34. The largest absolute Gasteiger partial charge is 0.495 e. The van der Waals surface area contributed by atoms with Gasteiger partial charge >= 0.3 is 12.1 Å². The standard InChI is InChI=1S/C24H27ClF3N3O4/c1-13(21-19(35-2)9-10-20(31-21)24(26,27)28)30-18-8-7-16(11-17(18)25)22(32)29-12-14-3-5-15(6-4-14)23(33)34/h7-11,13-15,30H,3-6,12H2,1-2H3,(H,29,32)(H,33,34)/t13-,14?,15?/m0/s1. The first-order valence-electron chi connectivity index (χ1n) is 11.2. The van der Waals surface area contributed by atoms with Gasteiger partial charge in [-0.2, -0.15) is 13.2 Å². The number of carbonyl (C=O) groups excluding carboxylic acids is 1. The van der Waals surface area contributed by atoms with E-state index in [1.165, 1.54) is 19.2 Å². The van der Waals surface area contributed by atoms with Crippen LogP contribution in [0.5, 0.6) is 5.75 Å². The Bertz CT molecular complexity index is 1070. The van der Waals surface area contributed by atoms with Crippen LogP contribution in [0.25, 0.3) is 0 Å². The molecule has 3 N–H and O–H groups in total. The quantitative estimate of drug-likeness (QED) is 0.427. The molecule has 1 heterocycles. The number of nitrogens with one attached hydrogen (secondary N) is 2. The number of alkyl halides is 3. The van der Waals surface area contributed by atoms with Crippen LogP contribution in [-0.4, -0.2) is 35.6 Å². The second-order valence-electron chi connectivity index (χ2n) is 8.61. The highest BCUT2D eigenvalue weighted by atomic mass is 35.5. The summed E-state index contributed by atoms with van der Waals surface area (Å²) in [5.41, 5.74) is -0.208. The number of pyridine rings is 1. The Morgan fingerprint density at radius 3 is 2.46 bits per heavy atom. The van der Waals surface area contributed by atoms with Crippen LogP contribution in [0.3, 0.4) is 0 Å². The van der Waals surface area contributed by atoms with Crippen molar-refractivity contribution < 1.29 is 32.6 Å². The van der Waals surface area contributed by atoms with E-state index in [0.29, 0.717) is 30.6 Å². The maximum Gasteiger partial charge on any atom is 0.433 e. The van der Waals surface area contributed by atoms with Gasteiger partial charge in [0.1, 0.15) is 17.1 Å². The summed E-state index contributed by atoms with van der Waals surface area (Å²) in [6.07, 6.45) is -1.90. The number of carboxylic acid groups (broad SMARTS) is 1. The van der Waals surface area contributed by atoms with Crippen molar-refractivity contribution in [1.29, 1.82) is 0 Å². The molecule has 1 atom stereocenters. The number of hydrogen-bond acceptors (Lipinski definition) is 5. The molecule has 0 spiro atoms. The zero-order chi connectivity index (χ0) is 25.8. The topological polar surface area (TPSA) is 101 Å². The van der Waals surface area contributed by atoms with E-state index in [-0.39, 0.29) is 34.2 Å². The lowest BCUT2D eigenvalue weighted by molar-refractivity contribution is -0.143. The summed E-state index contributed by atoms with van der Waals surface area (Å²) in [6, 6.07) is 6.01. The van der Waals surface area contributed by atoms with E-state index in [0.717, 1.165) is 18.9 Å². The lowest BCUT2D eigenvalue weighted by atomic mass is 9.82. The van der Waals surface area contributed by atoms with Crippen molar-refractivity contribution in [2.24, 2.45) is 11.8 Å². The molecule has 0 saturated heterocycles. The smallest absolute Gasteiger partial charge is 0.433 e. The molecule has 0 aliphatic heterocycles. The Kier molecular flexibility index (Phi) is 8.47. The number of carbonyl (C=O) groups is 2. The monoisotopic (exact) mass is 513 g/mol. The summed E-state index contributed by atoms with van der Waals surface area (Å²) in [7, 11) is 1.35. The molecular formula is C24H27ClF3N3O4. The van der Waals surface area contributed by atoms with E-state index in [1.54, 1.807) is 19.1 Å². The minimum absolute atomic E-state index is 0.0674. The number of rotatable bonds is 8. The summed E-state index contributed by atoms with van der Waals surface area (Å²) in [5, 5.41) is 15.2. The summed E-state index contributed by atoms with van der Waals surface area (Å²) in [6.45, 7) is 2.07. The van der Waals surface area contributed by atoms with Gasteiger partial charge in [-0.1, -0.05) is 11.6 Å². The van der Waals surface area contributed by atoms with Crippen molar-refractivity contribution in [2.45, 2.75) is 44.8 Å². The molecule has 0 bridgehead atoms. The first kappa shape index (κ1) is 26.6. The Morgan fingerprint density at radius 2 is 1.89 bits per heavy atom. The van der Waals surface area contributed by atoms with Crippen molar-refractivity contribution in [3.05, 3.63) is 52.3 Å². The van der Waals surface area contributed by atoms with E-state index >= 15 is 0 Å². The Labute approximate surface area is 206 Å². The van der Waals surface area contributed by atoms with Crippen molar-refractivity contribution in [3.63, 3.8) is 0 Å². The van der Waals surface area contributed by atoms with Gasteiger partial charge in [0.25, 0.3) is 5.91 Å². The number of hydrogen-bond donors (Lipinski definition) is 3. The number of methoxy groups -OCH3 is 1. The fourth-order valence-corrected chi connectivity index (χ4v) is 4.37. The van der Waals surface area contributed by atoms with E-state index in [9.17, 15) is 22.8 Å². The Balaban J connectivity index is 1.63. The van der Waals surface area contributed by atoms with Crippen LogP contribution in [0.4, 0.5) is 18.9 Å². The molecule has 0 unspecified atom stereocenters. The van der Waals surface area contributed by atoms with Crippen LogP contribution < -0.4 is 15.4 Å². The van der Waals surface area contributed by atoms with Gasteiger partial charge in [-0.3, -0.25) is 9.59 Å². The van der Waals surface area contributed by atoms with Crippen LogP contribution >= 0.6 is 11.6 Å². The summed E-state index contributed by atoms with van der Waals surface area (Å²) >= 11 is 6.35. The highest BCUT2D eigenvalue weighted by Gasteiger charge is 2.34. The molecular weight excluding hydrogens is 487 g/mol. The average molecular weight is 514 g/mol. The van der Waals surface area contributed by atoms with E-state index in [4.69, 9.17) is 21.4 Å². The molecule has 3 rings (SSSR count). The van der Waals surface area contributed by atoms with Crippen molar-refractivity contribution in [2.75, 3.05) is 19.0 Å². The fraction of sp³-hybridized carbons (Fsp3) is 0.458. The predicted octanol–water partition coefficient (Wildman–Crippen LogP) is 5.56. The summed E-state index contributed by atoms with van der Waals surface area (Å²) < 4.78 is 44.5. The third-order valence-corrected chi connectivity index (χ3v) is 6.47. The second-order valence-corrected chi connectivity index (χ2v) is 9.02. The lowest BCUT2D eigenvalue weighted by Gasteiger charge is -2.26. The van der Waals surface area contributed by atoms with Crippen LogP contribution in [0.1, 0.15) is 60.4 Å². The maximum absolute atomic E-state index is 13.1. The van der Waals surface area contributed by atoms with Gasteiger partial charge in [-0.25, -0.2) is 4.98 Å². The summed E-state index contributed by atoms with van der Waals surface area (Å²) in [5.74, 6) is -0.973. The third kappa shape index (κ3) is 6.78. The minimum Gasteiger partial charge on any atom is -0.495 e. The zero-order valence-electron chi connectivity index (χ0n) is 19.3. The zero-order valence-corrected chi connectivity index (χ0v) is 20.0. The number of carboxylic acids is 1. The fourth-order valence-electron chi connectivity index (χ4n) is 4.13. The van der Waals surface area contributed by atoms with Crippen LogP contribution in [0, 0.1) is 11.8 Å². The molecule has 0 radical (unpaired) electrons. The highest BCUT2D eigenvalue weighted by molar-refractivity contribution is 6.33. The van der Waals surface area contributed by atoms with E-state index in [1.807, 2.05) is 0 Å². The molecule has 1 fully saturated rings. The van der Waals surface area contributed by atoms with E-state index < -0.39 is 23.9 Å². The number of amides is 1. The third-order valence-electron chi connectivity index (χ3n) is 6.16. The number of nitrogens with zero attached hydrogens (tertiary/aromatic N) is 1. The van der Waals surface area contributed by atoms with Gasteiger partial charge in [0.15, 0.2) is 0 Å². The van der Waals surface area contributed by atoms with Crippen LogP contribution in [0.15, 0.2) is 30.3 Å². The van der Waals surface area contributed by atoms with Gasteiger partial charge in [0.05, 0.1) is 29.8 Å². The molecule has 1 aliphatic rings. The summed E-state index contributed by atoms with van der Waals surface area (Å²) in [4.78, 5) is 27.3. The van der Waals surface area contributed by atoms with Gasteiger partial charge in [0, 0.05) is 12.1 Å². The molecule has 1 saturated carbocycles. The van der Waals surface area contributed by atoms with Crippen LogP contribution in [0.2, 0.25) is 5.02 Å². The van der Waals surface area contributed by atoms with Gasteiger partial charge < -0.3 is 20.5 Å². The van der Waals surface area contributed by atoms with Crippen molar-refractivity contribution in [1.82, 2.24) is 10.3 Å². The molecule has 35 heavy (non-hydrogen) atoms. The Hall–Kier alpha value is -3.01. The second kappa shape index (κ2) is 11.2. The number of benzene rings is 1. The molecule has 190 valence electrons. The lowest BCUT2D eigenvalue weighted by Crippen LogP contribution is -2.32. The number of ether oxygens (including phenoxy) is 1. The number of halogens is 4. The maximum atomic E-state index is 13.1.